The maximum absolute atomic E-state index is 12.7. The highest BCUT2D eigenvalue weighted by molar-refractivity contribution is 7.99. The highest BCUT2D eigenvalue weighted by Crippen LogP contribution is 2.24. The Balaban J connectivity index is 1.54. The summed E-state index contributed by atoms with van der Waals surface area (Å²) in [6.45, 7) is 6.72. The summed E-state index contributed by atoms with van der Waals surface area (Å²) in [4.78, 5) is 17.7. The van der Waals surface area contributed by atoms with Crippen molar-refractivity contribution in [3.8, 4) is 11.5 Å². The van der Waals surface area contributed by atoms with Gasteiger partial charge in [-0.1, -0.05) is 31.0 Å². The molecule has 0 bridgehead atoms. The van der Waals surface area contributed by atoms with Crippen molar-refractivity contribution in [3.05, 3.63) is 71.1 Å². The largest absolute Gasteiger partial charge is 0.441 e. The Morgan fingerprint density at radius 1 is 1.03 bits per heavy atom. The first kappa shape index (κ1) is 25.2. The Hall–Kier alpha value is -2.38. The predicted octanol–water partition coefficient (Wildman–Crippen LogP) is 5.92. The van der Waals surface area contributed by atoms with Gasteiger partial charge in [-0.15, -0.1) is 0 Å². The Bertz CT molecular complexity index is 1060. The summed E-state index contributed by atoms with van der Waals surface area (Å²) in [5, 5.41) is 2.98. The van der Waals surface area contributed by atoms with Crippen molar-refractivity contribution in [1.29, 1.82) is 0 Å². The van der Waals surface area contributed by atoms with Crippen LogP contribution in [0.25, 0.3) is 11.5 Å². The molecule has 1 N–H and O–H groups in total. The fraction of sp³-hybridized carbons (Fsp3) is 0.385. The number of aryl methyl sites for hydroxylation is 2. The molecule has 0 radical (unpaired) electrons. The fourth-order valence-electron chi connectivity index (χ4n) is 3.17. The third kappa shape index (κ3) is 7.57. The quantitative estimate of drug-likeness (QED) is 0.323. The van der Waals surface area contributed by atoms with Crippen molar-refractivity contribution in [1.82, 2.24) is 10.3 Å². The van der Waals surface area contributed by atoms with Crippen LogP contribution >= 0.6 is 11.8 Å². The molecule has 0 spiro atoms. The first-order valence-electron chi connectivity index (χ1n) is 11.4. The molecule has 0 unspecified atom stereocenters. The van der Waals surface area contributed by atoms with E-state index in [4.69, 9.17) is 4.42 Å². The summed E-state index contributed by atoms with van der Waals surface area (Å²) in [7, 11) is -1.19. The van der Waals surface area contributed by atoms with Crippen molar-refractivity contribution in [2.75, 3.05) is 18.1 Å². The van der Waals surface area contributed by atoms with Gasteiger partial charge >= 0.3 is 0 Å². The molecule has 2 aromatic carbocycles. The second-order valence-electron chi connectivity index (χ2n) is 7.98. The normalized spacial score (nSPS) is 12.0. The number of hydrogen-bond donors (Lipinski definition) is 1. The Labute approximate surface area is 203 Å². The molecule has 1 aromatic heterocycles. The predicted molar refractivity (Wildman–Crippen MR) is 137 cm³/mol. The average Bonchev–Trinajstić information content (AvgIpc) is 3.18. The van der Waals surface area contributed by atoms with Crippen molar-refractivity contribution < 1.29 is 13.4 Å². The minimum Gasteiger partial charge on any atom is -0.441 e. The highest BCUT2D eigenvalue weighted by atomic mass is 32.2. The number of thioether (sulfide) groups is 1. The van der Waals surface area contributed by atoms with Gasteiger partial charge in [-0.2, -0.15) is 11.8 Å². The number of benzene rings is 2. The second-order valence-corrected chi connectivity index (χ2v) is 10.7. The van der Waals surface area contributed by atoms with Gasteiger partial charge in [0, 0.05) is 22.6 Å². The van der Waals surface area contributed by atoms with Gasteiger partial charge in [-0.25, -0.2) is 4.98 Å². The van der Waals surface area contributed by atoms with E-state index < -0.39 is 10.8 Å². The van der Waals surface area contributed by atoms with Gasteiger partial charge in [0.15, 0.2) is 0 Å². The minimum atomic E-state index is -1.19. The molecule has 176 valence electrons. The SMILES string of the molecule is CCCCSCCCNC(=O)c1ccc(-c2nc(C[S@](=O)c3ccc(C)cc3)c(C)o2)cc1. The van der Waals surface area contributed by atoms with Gasteiger partial charge in [-0.05, 0) is 74.6 Å². The smallest absolute Gasteiger partial charge is 0.251 e. The number of nitrogens with zero attached hydrogens (tertiary/aromatic N) is 1. The number of oxazole rings is 1. The molecule has 1 heterocycles. The Morgan fingerprint density at radius 3 is 2.42 bits per heavy atom. The summed E-state index contributed by atoms with van der Waals surface area (Å²) in [6, 6.07) is 14.9. The lowest BCUT2D eigenvalue weighted by atomic mass is 10.1. The van der Waals surface area contributed by atoms with Crippen LogP contribution in [-0.4, -0.2) is 33.2 Å². The van der Waals surface area contributed by atoms with Gasteiger partial charge < -0.3 is 9.73 Å². The van der Waals surface area contributed by atoms with Crippen LogP contribution in [0.15, 0.2) is 57.8 Å². The number of carbonyl (C=O) groups is 1. The standard InChI is InChI=1S/C26H32N2O3S2/c1-4-5-16-32-17-6-15-27-25(29)21-9-11-22(12-10-21)26-28-24(20(3)31-26)18-33(30)23-13-7-19(2)8-14-23/h7-14H,4-6,15-18H2,1-3H3,(H,27,29)/t33-/m0/s1. The molecule has 3 rings (SSSR count). The monoisotopic (exact) mass is 484 g/mol. The summed E-state index contributed by atoms with van der Waals surface area (Å²) < 4.78 is 18.5. The van der Waals surface area contributed by atoms with Crippen molar-refractivity contribution in [2.45, 2.75) is 50.7 Å². The minimum absolute atomic E-state index is 0.0714. The van der Waals surface area contributed by atoms with Crippen LogP contribution in [-0.2, 0) is 16.6 Å². The molecule has 1 amide bonds. The molecule has 0 aliphatic heterocycles. The van der Waals surface area contributed by atoms with Crippen molar-refractivity contribution in [3.63, 3.8) is 0 Å². The first-order valence-corrected chi connectivity index (χ1v) is 13.8. The molecular weight excluding hydrogens is 452 g/mol. The summed E-state index contributed by atoms with van der Waals surface area (Å²) in [6.07, 6.45) is 3.45. The number of rotatable bonds is 12. The number of carbonyl (C=O) groups excluding carboxylic acids is 1. The van der Waals surface area contributed by atoms with E-state index in [-0.39, 0.29) is 5.91 Å². The van der Waals surface area contributed by atoms with Crippen LogP contribution in [0, 0.1) is 13.8 Å². The number of amides is 1. The van der Waals surface area contributed by atoms with Gasteiger partial charge in [0.2, 0.25) is 5.89 Å². The number of aromatic nitrogens is 1. The molecule has 0 aliphatic carbocycles. The van der Waals surface area contributed by atoms with E-state index in [1.54, 1.807) is 12.1 Å². The van der Waals surface area contributed by atoms with E-state index in [2.05, 4.69) is 17.2 Å². The van der Waals surface area contributed by atoms with E-state index >= 15 is 0 Å². The lowest BCUT2D eigenvalue weighted by molar-refractivity contribution is 0.0954. The van der Waals surface area contributed by atoms with Crippen LogP contribution in [0.4, 0.5) is 0 Å². The lowest BCUT2D eigenvalue weighted by Crippen LogP contribution is -2.24. The van der Waals surface area contributed by atoms with E-state index in [1.807, 2.05) is 62.0 Å². The Kier molecular flexibility index (Phi) is 9.76. The van der Waals surface area contributed by atoms with E-state index in [0.29, 0.717) is 35.2 Å². The molecule has 0 fully saturated rings. The highest BCUT2D eigenvalue weighted by Gasteiger charge is 2.15. The molecule has 0 saturated heterocycles. The van der Waals surface area contributed by atoms with E-state index in [0.717, 1.165) is 28.2 Å². The molecule has 1 atom stereocenters. The molecule has 5 nitrogen and oxygen atoms in total. The van der Waals surface area contributed by atoms with E-state index in [9.17, 15) is 9.00 Å². The summed E-state index contributed by atoms with van der Waals surface area (Å²) in [5.74, 6) is 3.62. The zero-order valence-electron chi connectivity index (χ0n) is 19.6. The molecule has 0 aliphatic rings. The number of nitrogens with one attached hydrogen (secondary N) is 1. The van der Waals surface area contributed by atoms with Gasteiger partial charge in [-0.3, -0.25) is 9.00 Å². The Morgan fingerprint density at radius 2 is 1.73 bits per heavy atom. The van der Waals surface area contributed by atoms with Gasteiger partial charge in [0.1, 0.15) is 5.76 Å². The number of hydrogen-bond acceptors (Lipinski definition) is 5. The van der Waals surface area contributed by atoms with Crippen LogP contribution in [0.1, 0.15) is 53.6 Å². The zero-order chi connectivity index (χ0) is 23.6. The summed E-state index contributed by atoms with van der Waals surface area (Å²) in [5.41, 5.74) is 3.22. The molecule has 3 aromatic rings. The van der Waals surface area contributed by atoms with Crippen LogP contribution in [0.2, 0.25) is 0 Å². The van der Waals surface area contributed by atoms with Crippen LogP contribution in [0.5, 0.6) is 0 Å². The summed E-state index contributed by atoms with van der Waals surface area (Å²) >= 11 is 1.94. The first-order chi connectivity index (χ1) is 16.0. The zero-order valence-corrected chi connectivity index (χ0v) is 21.2. The molecule has 0 saturated carbocycles. The number of unbranched alkanes of at least 4 members (excludes halogenated alkanes) is 1. The average molecular weight is 485 g/mol. The van der Waals surface area contributed by atoms with Crippen molar-refractivity contribution >= 4 is 28.5 Å². The fourth-order valence-corrected chi connectivity index (χ4v) is 5.34. The maximum atomic E-state index is 12.7. The van der Waals surface area contributed by atoms with E-state index in [1.165, 1.54) is 18.6 Å². The molecular formula is C26H32N2O3S2. The topological polar surface area (TPSA) is 72.2 Å². The van der Waals surface area contributed by atoms with Gasteiger partial charge in [0.05, 0.1) is 22.2 Å². The maximum Gasteiger partial charge on any atom is 0.251 e. The third-order valence-corrected chi connectivity index (χ3v) is 7.72. The van der Waals surface area contributed by atoms with Gasteiger partial charge in [0.25, 0.3) is 5.91 Å². The molecule has 7 heteroatoms. The second kappa shape index (κ2) is 12.8. The van der Waals surface area contributed by atoms with Crippen LogP contribution in [0.3, 0.4) is 0 Å². The lowest BCUT2D eigenvalue weighted by Gasteiger charge is -2.06. The van der Waals surface area contributed by atoms with Crippen molar-refractivity contribution in [2.24, 2.45) is 0 Å². The molecule has 33 heavy (non-hydrogen) atoms. The third-order valence-electron chi connectivity index (χ3n) is 5.23. The van der Waals surface area contributed by atoms with Crippen LogP contribution < -0.4 is 5.32 Å².